The molecule has 0 atom stereocenters. The van der Waals surface area contributed by atoms with Crippen LogP contribution in [-0.2, 0) is 0 Å². The van der Waals surface area contributed by atoms with Gasteiger partial charge in [0.2, 0.25) is 5.28 Å². The summed E-state index contributed by atoms with van der Waals surface area (Å²) < 4.78 is 5.05. The van der Waals surface area contributed by atoms with Gasteiger partial charge in [-0.2, -0.15) is 0 Å². The van der Waals surface area contributed by atoms with Gasteiger partial charge in [0.15, 0.2) is 6.29 Å². The molecule has 1 aromatic carbocycles. The van der Waals surface area contributed by atoms with Crippen molar-refractivity contribution < 1.29 is 9.53 Å². The standard InChI is InChI=1S/C12H9ClN2O2/c1-17-9-2-3-10(8(6-9)7-16)11-4-5-14-12(13)15-11/h2-7H,1H3. The minimum atomic E-state index is 0.148. The van der Waals surface area contributed by atoms with E-state index in [1.54, 1.807) is 37.6 Å². The Hall–Kier alpha value is -1.94. The predicted molar refractivity (Wildman–Crippen MR) is 64.4 cm³/mol. The zero-order chi connectivity index (χ0) is 12.3. The van der Waals surface area contributed by atoms with Crippen LogP contribution in [0.4, 0.5) is 0 Å². The molecule has 0 radical (unpaired) electrons. The number of carbonyl (C=O) groups is 1. The smallest absolute Gasteiger partial charge is 0.222 e. The molecule has 86 valence electrons. The van der Waals surface area contributed by atoms with E-state index < -0.39 is 0 Å². The van der Waals surface area contributed by atoms with Gasteiger partial charge in [0, 0.05) is 17.3 Å². The van der Waals surface area contributed by atoms with Gasteiger partial charge >= 0.3 is 0 Å². The van der Waals surface area contributed by atoms with Gasteiger partial charge in [0.1, 0.15) is 5.75 Å². The fraction of sp³-hybridized carbons (Fsp3) is 0.0833. The van der Waals surface area contributed by atoms with Gasteiger partial charge in [-0.05, 0) is 35.9 Å². The quantitative estimate of drug-likeness (QED) is 0.619. The normalized spacial score (nSPS) is 10.0. The Bertz CT molecular complexity index is 558. The zero-order valence-electron chi connectivity index (χ0n) is 9.05. The number of benzene rings is 1. The number of rotatable bonds is 3. The molecule has 0 unspecified atom stereocenters. The minimum absolute atomic E-state index is 0.148. The van der Waals surface area contributed by atoms with Crippen molar-refractivity contribution in [3.63, 3.8) is 0 Å². The van der Waals surface area contributed by atoms with Gasteiger partial charge in [-0.3, -0.25) is 4.79 Å². The van der Waals surface area contributed by atoms with Gasteiger partial charge in [-0.25, -0.2) is 9.97 Å². The average molecular weight is 249 g/mol. The van der Waals surface area contributed by atoms with Crippen molar-refractivity contribution in [3.8, 4) is 17.0 Å². The second-order valence-corrected chi connectivity index (χ2v) is 3.62. The summed E-state index contributed by atoms with van der Waals surface area (Å²) in [5.41, 5.74) is 1.80. The number of ether oxygens (including phenoxy) is 1. The molecule has 0 aliphatic rings. The van der Waals surface area contributed by atoms with Gasteiger partial charge < -0.3 is 4.74 Å². The van der Waals surface area contributed by atoms with Crippen LogP contribution in [0.25, 0.3) is 11.3 Å². The largest absolute Gasteiger partial charge is 0.497 e. The molecule has 0 bridgehead atoms. The van der Waals surface area contributed by atoms with Crippen molar-refractivity contribution in [2.75, 3.05) is 7.11 Å². The first-order chi connectivity index (χ1) is 8.24. The molecule has 17 heavy (non-hydrogen) atoms. The number of hydrogen-bond acceptors (Lipinski definition) is 4. The second kappa shape index (κ2) is 4.93. The first kappa shape index (κ1) is 11.5. The Morgan fingerprint density at radius 1 is 1.35 bits per heavy atom. The lowest BCUT2D eigenvalue weighted by molar-refractivity contribution is 0.112. The van der Waals surface area contributed by atoms with E-state index in [4.69, 9.17) is 16.3 Å². The van der Waals surface area contributed by atoms with Crippen LogP contribution in [-0.4, -0.2) is 23.4 Å². The van der Waals surface area contributed by atoms with Crippen LogP contribution in [0.1, 0.15) is 10.4 Å². The molecule has 0 N–H and O–H groups in total. The van der Waals surface area contributed by atoms with Crippen molar-refractivity contribution in [2.24, 2.45) is 0 Å². The molecule has 0 spiro atoms. The Morgan fingerprint density at radius 2 is 2.18 bits per heavy atom. The summed E-state index contributed by atoms with van der Waals surface area (Å²) in [5, 5.41) is 0.148. The summed E-state index contributed by atoms with van der Waals surface area (Å²) in [6.07, 6.45) is 2.30. The highest BCUT2D eigenvalue weighted by molar-refractivity contribution is 6.28. The van der Waals surface area contributed by atoms with E-state index in [1.165, 1.54) is 0 Å². The van der Waals surface area contributed by atoms with Gasteiger partial charge in [0.25, 0.3) is 0 Å². The fourth-order valence-electron chi connectivity index (χ4n) is 1.48. The second-order valence-electron chi connectivity index (χ2n) is 3.28. The Labute approximate surface area is 103 Å². The number of nitrogens with zero attached hydrogens (tertiary/aromatic N) is 2. The first-order valence-corrected chi connectivity index (χ1v) is 5.24. The summed E-state index contributed by atoms with van der Waals surface area (Å²) in [4.78, 5) is 18.9. The molecule has 0 fully saturated rings. The van der Waals surface area contributed by atoms with E-state index in [0.717, 1.165) is 6.29 Å². The lowest BCUT2D eigenvalue weighted by Gasteiger charge is -2.06. The molecule has 0 aliphatic heterocycles. The van der Waals surface area contributed by atoms with Crippen LogP contribution < -0.4 is 4.74 Å². The monoisotopic (exact) mass is 248 g/mol. The molecule has 0 saturated carbocycles. The van der Waals surface area contributed by atoms with E-state index in [9.17, 15) is 4.79 Å². The van der Waals surface area contributed by atoms with E-state index in [0.29, 0.717) is 22.6 Å². The van der Waals surface area contributed by atoms with Crippen LogP contribution in [0.2, 0.25) is 5.28 Å². The molecule has 1 heterocycles. The molecule has 0 saturated heterocycles. The number of aromatic nitrogens is 2. The lowest BCUT2D eigenvalue weighted by atomic mass is 10.1. The zero-order valence-corrected chi connectivity index (χ0v) is 9.81. The van der Waals surface area contributed by atoms with E-state index in [-0.39, 0.29) is 5.28 Å². The van der Waals surface area contributed by atoms with E-state index >= 15 is 0 Å². The number of carbonyl (C=O) groups excluding carboxylic acids is 1. The average Bonchev–Trinajstić information content (AvgIpc) is 2.38. The van der Waals surface area contributed by atoms with Crippen LogP contribution >= 0.6 is 11.6 Å². The Morgan fingerprint density at radius 3 is 2.82 bits per heavy atom. The van der Waals surface area contributed by atoms with Crippen molar-refractivity contribution in [2.45, 2.75) is 0 Å². The molecule has 1 aromatic heterocycles. The summed E-state index contributed by atoms with van der Waals surface area (Å²) in [7, 11) is 1.55. The maximum absolute atomic E-state index is 11.0. The predicted octanol–water partition coefficient (Wildman–Crippen LogP) is 2.62. The third kappa shape index (κ3) is 2.42. The van der Waals surface area contributed by atoms with Gasteiger partial charge in [0.05, 0.1) is 12.8 Å². The number of hydrogen-bond donors (Lipinski definition) is 0. The minimum Gasteiger partial charge on any atom is -0.497 e. The molecule has 0 amide bonds. The maximum Gasteiger partial charge on any atom is 0.222 e. The van der Waals surface area contributed by atoms with Crippen LogP contribution in [0.3, 0.4) is 0 Å². The summed E-state index contributed by atoms with van der Waals surface area (Å²) >= 11 is 5.71. The third-order valence-corrected chi connectivity index (χ3v) is 2.47. The first-order valence-electron chi connectivity index (χ1n) is 4.86. The van der Waals surface area contributed by atoms with E-state index in [2.05, 4.69) is 9.97 Å². The van der Waals surface area contributed by atoms with Crippen LogP contribution in [0.15, 0.2) is 30.5 Å². The molecular weight excluding hydrogens is 240 g/mol. The van der Waals surface area contributed by atoms with Gasteiger partial charge in [-0.15, -0.1) is 0 Å². The van der Waals surface area contributed by atoms with Crippen molar-refractivity contribution in [3.05, 3.63) is 41.3 Å². The topological polar surface area (TPSA) is 52.1 Å². The molecule has 2 rings (SSSR count). The highest BCUT2D eigenvalue weighted by Crippen LogP contribution is 2.25. The number of methoxy groups -OCH3 is 1. The van der Waals surface area contributed by atoms with Crippen molar-refractivity contribution in [1.29, 1.82) is 0 Å². The van der Waals surface area contributed by atoms with Crippen molar-refractivity contribution in [1.82, 2.24) is 9.97 Å². The SMILES string of the molecule is COc1ccc(-c2ccnc(Cl)n2)c(C=O)c1. The molecule has 0 aliphatic carbocycles. The Kier molecular flexibility index (Phi) is 3.35. The molecule has 2 aromatic rings. The lowest BCUT2D eigenvalue weighted by Crippen LogP contribution is -1.93. The number of aldehydes is 1. The summed E-state index contributed by atoms with van der Waals surface area (Å²) in [6.45, 7) is 0. The Balaban J connectivity index is 2.55. The maximum atomic E-state index is 11.0. The van der Waals surface area contributed by atoms with Gasteiger partial charge in [-0.1, -0.05) is 0 Å². The fourth-order valence-corrected chi connectivity index (χ4v) is 1.63. The van der Waals surface area contributed by atoms with Crippen molar-refractivity contribution >= 4 is 17.9 Å². The summed E-state index contributed by atoms with van der Waals surface area (Å²) in [6, 6.07) is 6.87. The van der Waals surface area contributed by atoms with Crippen LogP contribution in [0.5, 0.6) is 5.75 Å². The molecular formula is C12H9ClN2O2. The van der Waals surface area contributed by atoms with Crippen LogP contribution in [0, 0.1) is 0 Å². The highest BCUT2D eigenvalue weighted by atomic mass is 35.5. The highest BCUT2D eigenvalue weighted by Gasteiger charge is 2.08. The summed E-state index contributed by atoms with van der Waals surface area (Å²) in [5.74, 6) is 0.621. The number of halogens is 1. The molecule has 4 nitrogen and oxygen atoms in total. The molecule has 5 heteroatoms. The van der Waals surface area contributed by atoms with E-state index in [1.807, 2.05) is 0 Å². The third-order valence-electron chi connectivity index (χ3n) is 2.29.